The molecule has 0 saturated carbocycles. The first-order chi connectivity index (χ1) is 20.6. The number of ether oxygens (including phenoxy) is 1. The van der Waals surface area contributed by atoms with Gasteiger partial charge in [0.2, 0.25) is 0 Å². The number of allylic oxidation sites excluding steroid dienone is 11. The summed E-state index contributed by atoms with van der Waals surface area (Å²) in [6, 6.07) is 0. The summed E-state index contributed by atoms with van der Waals surface area (Å²) in [5.41, 5.74) is 12.9. The van der Waals surface area contributed by atoms with Crippen LogP contribution < -0.4 is 5.32 Å². The Labute approximate surface area is 252 Å². The van der Waals surface area contributed by atoms with Crippen LogP contribution in [-0.2, 0) is 9.53 Å². The molecule has 1 fully saturated rings. The van der Waals surface area contributed by atoms with E-state index in [2.05, 4.69) is 32.7 Å². The second-order valence-corrected chi connectivity index (χ2v) is 11.8. The molecule has 3 N–H and O–H groups in total. The van der Waals surface area contributed by atoms with E-state index in [0.717, 1.165) is 79.8 Å². The minimum absolute atomic E-state index is 0.0213. The maximum Gasteiger partial charge on any atom is 0.305 e. The molecule has 3 atom stereocenters. The second kappa shape index (κ2) is 10.8. The van der Waals surface area contributed by atoms with Gasteiger partial charge in [0.25, 0.3) is 0 Å². The molecule has 0 amide bonds. The predicted molar refractivity (Wildman–Crippen MR) is 169 cm³/mol. The quantitative estimate of drug-likeness (QED) is 0.258. The number of methoxy groups -OCH3 is 1. The van der Waals surface area contributed by atoms with Crippen molar-refractivity contribution in [3.05, 3.63) is 104 Å². The van der Waals surface area contributed by atoms with Gasteiger partial charge in [-0.05, 0) is 74.1 Å². The van der Waals surface area contributed by atoms with Crippen LogP contribution in [0.4, 0.5) is 0 Å². The van der Waals surface area contributed by atoms with E-state index >= 15 is 0 Å². The topological polar surface area (TPSA) is 116 Å². The highest BCUT2D eigenvalue weighted by atomic mass is 16.5. The summed E-state index contributed by atoms with van der Waals surface area (Å²) in [6.07, 6.45) is 8.66. The van der Waals surface area contributed by atoms with Gasteiger partial charge in [0, 0.05) is 52.8 Å². The van der Waals surface area contributed by atoms with Crippen LogP contribution >= 0.6 is 0 Å². The first-order valence-corrected chi connectivity index (χ1v) is 14.9. The Hall–Kier alpha value is -4.30. The average molecular weight is 579 g/mol. The molecule has 222 valence electrons. The fourth-order valence-corrected chi connectivity index (χ4v) is 6.99. The molecule has 1 saturated heterocycles. The maximum absolute atomic E-state index is 12.2. The lowest BCUT2D eigenvalue weighted by Crippen LogP contribution is -2.16. The van der Waals surface area contributed by atoms with Crippen molar-refractivity contribution >= 4 is 23.1 Å². The number of hydrogen-bond donors (Lipinski definition) is 3. The van der Waals surface area contributed by atoms with E-state index in [1.165, 1.54) is 13.2 Å². The molecule has 0 aromatic carbocycles. The van der Waals surface area contributed by atoms with Gasteiger partial charge in [-0.25, -0.2) is 15.0 Å². The summed E-state index contributed by atoms with van der Waals surface area (Å²) in [5.74, 6) is 0.0559. The standard InChI is InChI=1S/C35H38N4O4/c1-8-20-16(3)23-15-28-32(29(40)9-2)18(5)25(37-28)13-24-17(4)21(10-11-31(42)43-7)34(38-24)22-12-30(41)33-19(6)26(39-35(22)33)14-27(20)36-23/h9,13-15,17,21,29,38,40-41H,2,8,10-12H2,1,3-7H3/t17-,21-,29-/m0/s1. The van der Waals surface area contributed by atoms with Crippen molar-refractivity contribution in [2.45, 2.75) is 66.4 Å². The number of aliphatic hydroxyl groups is 2. The lowest BCUT2D eigenvalue weighted by molar-refractivity contribution is -0.140. The fraction of sp³-hybridized carbons (Fsp3) is 0.371. The molecule has 6 rings (SSSR count). The molecule has 8 bridgehead atoms. The summed E-state index contributed by atoms with van der Waals surface area (Å²) in [4.78, 5) is 27.3. The van der Waals surface area contributed by atoms with Crippen LogP contribution in [0.3, 0.4) is 0 Å². The summed E-state index contributed by atoms with van der Waals surface area (Å²) in [6.45, 7) is 14.1. The zero-order chi connectivity index (χ0) is 30.7. The Morgan fingerprint density at radius 1 is 1.12 bits per heavy atom. The van der Waals surface area contributed by atoms with Crippen LogP contribution in [0.25, 0.3) is 0 Å². The number of carbonyl (C=O) groups is 1. The number of nitrogens with zero attached hydrogens (tertiary/aromatic N) is 3. The molecule has 6 aliphatic rings. The SMILES string of the molecule is C=C[C@H](O)C1=C(C)C2=NC1=CC1=NC(=CC3=C(C)C4=C(O)CC(=C5NC(=C2)[C@@H](C)[C@@H]5CCC(=O)OC)C4=N3)C(CC)=C1C. The third kappa shape index (κ3) is 4.56. The smallest absolute Gasteiger partial charge is 0.305 e. The normalized spacial score (nSPS) is 25.1. The molecule has 8 nitrogen and oxygen atoms in total. The molecule has 1 aliphatic carbocycles. The van der Waals surface area contributed by atoms with E-state index < -0.39 is 6.10 Å². The zero-order valence-corrected chi connectivity index (χ0v) is 25.6. The molecule has 5 heterocycles. The van der Waals surface area contributed by atoms with Crippen LogP contribution in [-0.4, -0.2) is 46.5 Å². The van der Waals surface area contributed by atoms with Crippen LogP contribution in [0.15, 0.2) is 119 Å². The lowest BCUT2D eigenvalue weighted by atomic mass is 9.86. The third-order valence-electron chi connectivity index (χ3n) is 9.51. The number of fused-ring (bicyclic) bond motifs is 5. The highest BCUT2D eigenvalue weighted by molar-refractivity contribution is 6.21. The predicted octanol–water partition coefficient (Wildman–Crippen LogP) is 6.16. The number of esters is 1. The molecule has 0 spiro atoms. The minimum atomic E-state index is -0.885. The fourth-order valence-electron chi connectivity index (χ4n) is 6.99. The summed E-state index contributed by atoms with van der Waals surface area (Å²) in [7, 11) is 1.41. The summed E-state index contributed by atoms with van der Waals surface area (Å²) >= 11 is 0. The highest BCUT2D eigenvalue weighted by Crippen LogP contribution is 2.46. The molecule has 0 aromatic rings. The van der Waals surface area contributed by atoms with E-state index in [4.69, 9.17) is 19.7 Å². The number of aliphatic hydroxyl groups excluding tert-OH is 2. The monoisotopic (exact) mass is 578 g/mol. The van der Waals surface area contributed by atoms with E-state index in [-0.39, 0.29) is 24.2 Å². The largest absolute Gasteiger partial charge is 0.511 e. The van der Waals surface area contributed by atoms with Gasteiger partial charge < -0.3 is 20.3 Å². The van der Waals surface area contributed by atoms with Gasteiger partial charge >= 0.3 is 5.97 Å². The van der Waals surface area contributed by atoms with E-state index in [1.807, 2.05) is 32.1 Å². The van der Waals surface area contributed by atoms with Crippen molar-refractivity contribution in [3.8, 4) is 0 Å². The maximum atomic E-state index is 12.2. The van der Waals surface area contributed by atoms with Crippen molar-refractivity contribution in [2.24, 2.45) is 26.8 Å². The zero-order valence-electron chi connectivity index (χ0n) is 25.6. The van der Waals surface area contributed by atoms with Gasteiger partial charge in [0.1, 0.15) is 5.76 Å². The van der Waals surface area contributed by atoms with Crippen LogP contribution in [0.1, 0.15) is 60.3 Å². The Morgan fingerprint density at radius 3 is 2.53 bits per heavy atom. The van der Waals surface area contributed by atoms with Crippen molar-refractivity contribution in [1.29, 1.82) is 0 Å². The number of rotatable bonds is 6. The number of aliphatic imine (C=N–C) groups is 3. The molecule has 5 aliphatic heterocycles. The van der Waals surface area contributed by atoms with Crippen molar-refractivity contribution in [3.63, 3.8) is 0 Å². The van der Waals surface area contributed by atoms with Gasteiger partial charge in [-0.15, -0.1) is 6.58 Å². The van der Waals surface area contributed by atoms with Gasteiger partial charge in [-0.2, -0.15) is 0 Å². The van der Waals surface area contributed by atoms with Crippen LogP contribution in [0.2, 0.25) is 0 Å². The van der Waals surface area contributed by atoms with Gasteiger partial charge in [-0.3, -0.25) is 4.79 Å². The molecule has 0 unspecified atom stereocenters. The van der Waals surface area contributed by atoms with Gasteiger partial charge in [0.15, 0.2) is 0 Å². The molecule has 0 aromatic heterocycles. The Balaban J connectivity index is 1.61. The van der Waals surface area contributed by atoms with E-state index in [9.17, 15) is 15.0 Å². The molecular formula is C35H38N4O4. The Bertz CT molecular complexity index is 1730. The van der Waals surface area contributed by atoms with Crippen molar-refractivity contribution < 1.29 is 19.7 Å². The first kappa shape index (κ1) is 28.8. The van der Waals surface area contributed by atoms with E-state index in [0.29, 0.717) is 29.9 Å². The Morgan fingerprint density at radius 2 is 1.84 bits per heavy atom. The lowest BCUT2D eigenvalue weighted by Gasteiger charge is -2.17. The second-order valence-electron chi connectivity index (χ2n) is 11.8. The minimum Gasteiger partial charge on any atom is -0.511 e. The summed E-state index contributed by atoms with van der Waals surface area (Å²) in [5, 5.41) is 25.9. The summed E-state index contributed by atoms with van der Waals surface area (Å²) < 4.78 is 4.97. The van der Waals surface area contributed by atoms with E-state index in [1.54, 1.807) is 0 Å². The van der Waals surface area contributed by atoms with Crippen LogP contribution in [0.5, 0.6) is 0 Å². The molecule has 0 radical (unpaired) electrons. The number of nitrogens with one attached hydrogen (secondary N) is 1. The van der Waals surface area contributed by atoms with Gasteiger partial charge in [0.05, 0.1) is 47.4 Å². The van der Waals surface area contributed by atoms with Crippen molar-refractivity contribution in [2.75, 3.05) is 7.11 Å². The average Bonchev–Trinajstić information content (AvgIpc) is 3.74. The van der Waals surface area contributed by atoms with Gasteiger partial charge in [-0.1, -0.05) is 19.9 Å². The van der Waals surface area contributed by atoms with Crippen molar-refractivity contribution in [1.82, 2.24) is 5.32 Å². The number of carbonyl (C=O) groups excluding carboxylic acids is 1. The molecule has 43 heavy (non-hydrogen) atoms. The third-order valence-corrected chi connectivity index (χ3v) is 9.51. The Kier molecular flexibility index (Phi) is 7.21. The number of hydrogen-bond acceptors (Lipinski definition) is 8. The first-order valence-electron chi connectivity index (χ1n) is 14.9. The van der Waals surface area contributed by atoms with Crippen LogP contribution in [0, 0.1) is 11.8 Å². The highest BCUT2D eigenvalue weighted by Gasteiger charge is 2.41. The molecule has 8 heteroatoms. The molecular weight excluding hydrogens is 540 g/mol.